The number of benzene rings is 1. The highest BCUT2D eigenvalue weighted by Crippen LogP contribution is 2.25. The number of methoxy groups -OCH3 is 1. The summed E-state index contributed by atoms with van der Waals surface area (Å²) >= 11 is 6.03. The molecular weight excluding hydrogens is 250 g/mol. The summed E-state index contributed by atoms with van der Waals surface area (Å²) in [5, 5.41) is 4.22. The molecule has 0 bridgehead atoms. The highest BCUT2D eigenvalue weighted by Gasteiger charge is 2.20. The summed E-state index contributed by atoms with van der Waals surface area (Å²) in [6.07, 6.45) is 2.64. The molecule has 0 aromatic heterocycles. The SMILES string of the molecule is COC(C)COc1ccc(Cl)cc1CNC1CC1. The van der Waals surface area contributed by atoms with Crippen LogP contribution in [0.25, 0.3) is 0 Å². The van der Waals surface area contributed by atoms with E-state index >= 15 is 0 Å². The average Bonchev–Trinajstić information content (AvgIpc) is 3.18. The Labute approximate surface area is 113 Å². The van der Waals surface area contributed by atoms with E-state index in [1.165, 1.54) is 12.8 Å². The van der Waals surface area contributed by atoms with Gasteiger partial charge in [0.25, 0.3) is 0 Å². The van der Waals surface area contributed by atoms with Gasteiger partial charge >= 0.3 is 0 Å². The molecule has 0 radical (unpaired) electrons. The number of hydrogen-bond acceptors (Lipinski definition) is 3. The largest absolute Gasteiger partial charge is 0.491 e. The maximum atomic E-state index is 6.03. The van der Waals surface area contributed by atoms with Crippen LogP contribution in [0.15, 0.2) is 18.2 Å². The molecule has 1 saturated carbocycles. The van der Waals surface area contributed by atoms with Crippen LogP contribution in [0.2, 0.25) is 5.02 Å². The van der Waals surface area contributed by atoms with E-state index in [0.29, 0.717) is 12.6 Å². The van der Waals surface area contributed by atoms with Crippen molar-refractivity contribution < 1.29 is 9.47 Å². The topological polar surface area (TPSA) is 30.5 Å². The fourth-order valence-corrected chi connectivity index (χ4v) is 1.84. The van der Waals surface area contributed by atoms with Crippen molar-refractivity contribution in [2.75, 3.05) is 13.7 Å². The fourth-order valence-electron chi connectivity index (χ4n) is 1.64. The van der Waals surface area contributed by atoms with Crippen LogP contribution in [0.5, 0.6) is 5.75 Å². The lowest BCUT2D eigenvalue weighted by Gasteiger charge is -2.15. The van der Waals surface area contributed by atoms with E-state index in [9.17, 15) is 0 Å². The number of nitrogens with one attached hydrogen (secondary N) is 1. The maximum absolute atomic E-state index is 6.03. The van der Waals surface area contributed by atoms with E-state index < -0.39 is 0 Å². The van der Waals surface area contributed by atoms with Gasteiger partial charge in [0.1, 0.15) is 12.4 Å². The van der Waals surface area contributed by atoms with Crippen molar-refractivity contribution in [2.45, 2.75) is 38.5 Å². The third-order valence-electron chi connectivity index (χ3n) is 3.06. The lowest BCUT2D eigenvalue weighted by Crippen LogP contribution is -2.19. The van der Waals surface area contributed by atoms with Crippen LogP contribution >= 0.6 is 11.6 Å². The van der Waals surface area contributed by atoms with E-state index in [0.717, 1.165) is 22.9 Å². The molecule has 1 aliphatic rings. The molecule has 0 amide bonds. The minimum atomic E-state index is 0.0879. The molecule has 18 heavy (non-hydrogen) atoms. The molecule has 1 fully saturated rings. The summed E-state index contributed by atoms with van der Waals surface area (Å²) in [6, 6.07) is 6.42. The third kappa shape index (κ3) is 4.16. The van der Waals surface area contributed by atoms with Crippen LogP contribution in [0.1, 0.15) is 25.3 Å². The Balaban J connectivity index is 1.97. The zero-order valence-corrected chi connectivity index (χ0v) is 11.7. The Morgan fingerprint density at radius 2 is 2.22 bits per heavy atom. The first-order chi connectivity index (χ1) is 8.69. The summed E-state index contributed by atoms with van der Waals surface area (Å²) in [6.45, 7) is 3.34. The Morgan fingerprint density at radius 1 is 1.44 bits per heavy atom. The highest BCUT2D eigenvalue weighted by molar-refractivity contribution is 6.30. The van der Waals surface area contributed by atoms with E-state index in [4.69, 9.17) is 21.1 Å². The summed E-state index contributed by atoms with van der Waals surface area (Å²) in [7, 11) is 1.69. The minimum absolute atomic E-state index is 0.0879. The van der Waals surface area contributed by atoms with E-state index in [1.807, 2.05) is 25.1 Å². The van der Waals surface area contributed by atoms with Gasteiger partial charge in [-0.15, -0.1) is 0 Å². The zero-order valence-electron chi connectivity index (χ0n) is 10.9. The van der Waals surface area contributed by atoms with Gasteiger partial charge < -0.3 is 14.8 Å². The molecule has 1 aromatic carbocycles. The van der Waals surface area contributed by atoms with Gasteiger partial charge in [0.15, 0.2) is 0 Å². The van der Waals surface area contributed by atoms with Crippen molar-refractivity contribution in [3.8, 4) is 5.75 Å². The van der Waals surface area contributed by atoms with Gasteiger partial charge in [0.2, 0.25) is 0 Å². The van der Waals surface area contributed by atoms with Crippen molar-refractivity contribution in [3.05, 3.63) is 28.8 Å². The number of halogens is 1. The molecule has 1 aromatic rings. The second kappa shape index (κ2) is 6.41. The van der Waals surface area contributed by atoms with Crippen molar-refractivity contribution in [2.24, 2.45) is 0 Å². The first-order valence-electron chi connectivity index (χ1n) is 6.36. The Hall–Kier alpha value is -0.770. The Kier molecular flexibility index (Phi) is 4.87. The van der Waals surface area contributed by atoms with E-state index in [1.54, 1.807) is 7.11 Å². The minimum Gasteiger partial charge on any atom is -0.491 e. The van der Waals surface area contributed by atoms with Gasteiger partial charge in [0.05, 0.1) is 6.10 Å². The second-order valence-electron chi connectivity index (χ2n) is 4.76. The monoisotopic (exact) mass is 269 g/mol. The van der Waals surface area contributed by atoms with Crippen LogP contribution in [-0.2, 0) is 11.3 Å². The summed E-state index contributed by atoms with van der Waals surface area (Å²) in [5.74, 6) is 0.886. The van der Waals surface area contributed by atoms with Crippen LogP contribution in [0.3, 0.4) is 0 Å². The van der Waals surface area contributed by atoms with Crippen molar-refractivity contribution >= 4 is 11.6 Å². The Morgan fingerprint density at radius 3 is 2.89 bits per heavy atom. The molecule has 4 heteroatoms. The Bertz CT molecular complexity index is 393. The van der Waals surface area contributed by atoms with Gasteiger partial charge in [-0.1, -0.05) is 11.6 Å². The molecule has 100 valence electrons. The molecule has 0 aliphatic heterocycles. The van der Waals surface area contributed by atoms with Gasteiger partial charge in [-0.05, 0) is 38.0 Å². The molecule has 0 saturated heterocycles. The molecule has 1 atom stereocenters. The van der Waals surface area contributed by atoms with Gasteiger partial charge in [-0.25, -0.2) is 0 Å². The highest BCUT2D eigenvalue weighted by atomic mass is 35.5. The molecule has 3 nitrogen and oxygen atoms in total. The predicted molar refractivity (Wildman–Crippen MR) is 73.3 cm³/mol. The summed E-state index contributed by atoms with van der Waals surface area (Å²) in [5.41, 5.74) is 1.11. The first-order valence-corrected chi connectivity index (χ1v) is 6.74. The van der Waals surface area contributed by atoms with Crippen molar-refractivity contribution in [3.63, 3.8) is 0 Å². The van der Waals surface area contributed by atoms with Crippen molar-refractivity contribution in [1.29, 1.82) is 0 Å². The van der Waals surface area contributed by atoms with Crippen LogP contribution < -0.4 is 10.1 Å². The maximum Gasteiger partial charge on any atom is 0.124 e. The smallest absolute Gasteiger partial charge is 0.124 e. The number of ether oxygens (including phenoxy) is 2. The molecular formula is C14H20ClNO2. The third-order valence-corrected chi connectivity index (χ3v) is 3.29. The van der Waals surface area contributed by atoms with Gasteiger partial charge in [-0.2, -0.15) is 0 Å². The summed E-state index contributed by atoms with van der Waals surface area (Å²) in [4.78, 5) is 0. The van der Waals surface area contributed by atoms with Crippen molar-refractivity contribution in [1.82, 2.24) is 5.32 Å². The van der Waals surface area contributed by atoms with Gasteiger partial charge in [-0.3, -0.25) is 0 Å². The van der Waals surface area contributed by atoms with Crippen LogP contribution in [-0.4, -0.2) is 25.9 Å². The lowest BCUT2D eigenvalue weighted by atomic mass is 10.2. The van der Waals surface area contributed by atoms with Crippen LogP contribution in [0.4, 0.5) is 0 Å². The normalized spacial score (nSPS) is 16.6. The number of hydrogen-bond donors (Lipinski definition) is 1. The predicted octanol–water partition coefficient (Wildman–Crippen LogP) is 3.01. The first kappa shape index (κ1) is 13.7. The zero-order chi connectivity index (χ0) is 13.0. The molecule has 0 spiro atoms. The molecule has 1 N–H and O–H groups in total. The number of rotatable bonds is 7. The fraction of sp³-hybridized carbons (Fsp3) is 0.571. The van der Waals surface area contributed by atoms with E-state index in [2.05, 4.69) is 5.32 Å². The molecule has 1 unspecified atom stereocenters. The molecule has 1 aliphatic carbocycles. The quantitative estimate of drug-likeness (QED) is 0.825. The molecule has 2 rings (SSSR count). The second-order valence-corrected chi connectivity index (χ2v) is 5.20. The van der Waals surface area contributed by atoms with Gasteiger partial charge in [0, 0.05) is 30.3 Å². The summed E-state index contributed by atoms with van der Waals surface area (Å²) < 4.78 is 11.0. The lowest BCUT2D eigenvalue weighted by molar-refractivity contribution is 0.0712. The molecule has 0 heterocycles. The standard InChI is InChI=1S/C14H20ClNO2/c1-10(17-2)9-18-14-6-3-12(15)7-11(14)8-16-13-4-5-13/h3,6-7,10,13,16H,4-5,8-9H2,1-2H3. The van der Waals surface area contributed by atoms with E-state index in [-0.39, 0.29) is 6.10 Å². The average molecular weight is 270 g/mol. The van der Waals surface area contributed by atoms with Crippen LogP contribution in [0, 0.1) is 0 Å².